The number of ether oxygens (including phenoxy) is 1. The maximum atomic E-state index is 13.3. The first kappa shape index (κ1) is 18.8. The van der Waals surface area contributed by atoms with E-state index in [4.69, 9.17) is 4.74 Å². The van der Waals surface area contributed by atoms with E-state index >= 15 is 0 Å². The smallest absolute Gasteiger partial charge is 0.225 e. The van der Waals surface area contributed by atoms with Crippen LogP contribution in [0.1, 0.15) is 35.2 Å². The fourth-order valence-corrected chi connectivity index (χ4v) is 4.27. The van der Waals surface area contributed by atoms with Crippen molar-refractivity contribution < 1.29 is 9.53 Å². The third-order valence-corrected chi connectivity index (χ3v) is 5.52. The number of aryl methyl sites for hydroxylation is 2. The highest BCUT2D eigenvalue weighted by molar-refractivity contribution is 6.01. The number of carbonyl (C=O) groups excluding carboxylic acids is 1. The second kappa shape index (κ2) is 7.83. The minimum absolute atomic E-state index is 0.0161. The molecule has 4 rings (SSSR count). The molecule has 3 atom stereocenters. The van der Waals surface area contributed by atoms with E-state index in [1.165, 1.54) is 0 Å². The molecule has 2 aromatic rings. The Morgan fingerprint density at radius 2 is 2.07 bits per heavy atom. The molecule has 28 heavy (non-hydrogen) atoms. The molecule has 0 aliphatic carbocycles. The van der Waals surface area contributed by atoms with E-state index < -0.39 is 0 Å². The average Bonchev–Trinajstić information content (AvgIpc) is 3.26. The third kappa shape index (κ3) is 3.58. The summed E-state index contributed by atoms with van der Waals surface area (Å²) in [5.41, 5.74) is 2.36. The van der Waals surface area contributed by atoms with Gasteiger partial charge in [-0.3, -0.25) is 4.79 Å². The highest BCUT2D eigenvalue weighted by Gasteiger charge is 2.47. The molecule has 2 aliphatic heterocycles. The lowest BCUT2D eigenvalue weighted by Crippen LogP contribution is -2.39. The Balaban J connectivity index is 1.53. The van der Waals surface area contributed by atoms with Crippen molar-refractivity contribution in [2.45, 2.75) is 33.2 Å². The van der Waals surface area contributed by atoms with Gasteiger partial charge >= 0.3 is 0 Å². The fourth-order valence-electron chi connectivity index (χ4n) is 4.27. The predicted octanol–water partition coefficient (Wildman–Crippen LogP) is 2.18. The zero-order valence-electron chi connectivity index (χ0n) is 16.7. The first-order valence-electron chi connectivity index (χ1n) is 9.99. The van der Waals surface area contributed by atoms with Crippen molar-refractivity contribution in [3.63, 3.8) is 0 Å². The summed E-state index contributed by atoms with van der Waals surface area (Å²) >= 11 is 0. The molecule has 7 nitrogen and oxygen atoms in total. The molecule has 2 aliphatic rings. The van der Waals surface area contributed by atoms with Gasteiger partial charge < -0.3 is 15.0 Å². The summed E-state index contributed by atoms with van der Waals surface area (Å²) in [7, 11) is 0. The molecule has 0 spiro atoms. The van der Waals surface area contributed by atoms with E-state index in [0.717, 1.165) is 43.4 Å². The SMILES string of the molecule is CCCOc1cccnc1C(=O)C1NCC2CN(c3nc(C)cc(C)n3)CC21. The molecule has 0 aromatic carbocycles. The summed E-state index contributed by atoms with van der Waals surface area (Å²) in [5.74, 6) is 1.98. The number of rotatable bonds is 6. The maximum Gasteiger partial charge on any atom is 0.225 e. The van der Waals surface area contributed by atoms with E-state index in [2.05, 4.69) is 25.2 Å². The highest BCUT2D eigenvalue weighted by Crippen LogP contribution is 2.34. The molecule has 1 N–H and O–H groups in total. The van der Waals surface area contributed by atoms with Gasteiger partial charge in [-0.25, -0.2) is 15.0 Å². The monoisotopic (exact) mass is 381 g/mol. The lowest BCUT2D eigenvalue weighted by atomic mass is 9.90. The van der Waals surface area contributed by atoms with Crippen LogP contribution in [0.25, 0.3) is 0 Å². The topological polar surface area (TPSA) is 80.2 Å². The summed E-state index contributed by atoms with van der Waals surface area (Å²) in [6, 6.07) is 5.36. The van der Waals surface area contributed by atoms with Gasteiger partial charge in [-0.2, -0.15) is 0 Å². The number of aromatic nitrogens is 3. The van der Waals surface area contributed by atoms with Crippen LogP contribution in [0.2, 0.25) is 0 Å². The number of hydrogen-bond acceptors (Lipinski definition) is 7. The van der Waals surface area contributed by atoms with Gasteiger partial charge in [-0.15, -0.1) is 0 Å². The summed E-state index contributed by atoms with van der Waals surface area (Å²) in [6.45, 7) is 9.06. The molecule has 148 valence electrons. The third-order valence-electron chi connectivity index (χ3n) is 5.52. The van der Waals surface area contributed by atoms with Crippen LogP contribution < -0.4 is 15.0 Å². The fraction of sp³-hybridized carbons (Fsp3) is 0.524. The number of Topliss-reactive ketones (excluding diaryl/α,β-unsaturated/α-hetero) is 1. The number of hydrogen-bond donors (Lipinski definition) is 1. The summed E-state index contributed by atoms with van der Waals surface area (Å²) in [6.07, 6.45) is 2.54. The highest BCUT2D eigenvalue weighted by atomic mass is 16.5. The molecular weight excluding hydrogens is 354 g/mol. The molecule has 2 fully saturated rings. The number of pyridine rings is 1. The molecule has 4 heterocycles. The zero-order chi connectivity index (χ0) is 19.7. The largest absolute Gasteiger partial charge is 0.491 e. The maximum absolute atomic E-state index is 13.3. The Morgan fingerprint density at radius 1 is 1.29 bits per heavy atom. The van der Waals surface area contributed by atoms with Gasteiger partial charge in [0.15, 0.2) is 0 Å². The van der Waals surface area contributed by atoms with Gasteiger partial charge in [-0.05, 0) is 44.4 Å². The Bertz CT molecular complexity index is 851. The molecule has 0 saturated carbocycles. The molecule has 0 amide bonds. The minimum atomic E-state index is -0.250. The summed E-state index contributed by atoms with van der Waals surface area (Å²) in [5, 5.41) is 3.42. The average molecular weight is 381 g/mol. The zero-order valence-corrected chi connectivity index (χ0v) is 16.7. The van der Waals surface area contributed by atoms with Crippen molar-refractivity contribution >= 4 is 11.7 Å². The first-order valence-corrected chi connectivity index (χ1v) is 9.99. The molecule has 0 radical (unpaired) electrons. The Kier molecular flexibility index (Phi) is 5.26. The van der Waals surface area contributed by atoms with Crippen LogP contribution in [0.15, 0.2) is 24.4 Å². The predicted molar refractivity (Wildman–Crippen MR) is 107 cm³/mol. The van der Waals surface area contributed by atoms with Crippen LogP contribution in [0.4, 0.5) is 5.95 Å². The number of ketones is 1. The number of carbonyl (C=O) groups is 1. The Morgan fingerprint density at radius 3 is 2.82 bits per heavy atom. The van der Waals surface area contributed by atoms with Gasteiger partial charge in [-0.1, -0.05) is 6.92 Å². The van der Waals surface area contributed by atoms with Crippen molar-refractivity contribution in [1.82, 2.24) is 20.3 Å². The van der Waals surface area contributed by atoms with Crippen LogP contribution in [0.5, 0.6) is 5.75 Å². The van der Waals surface area contributed by atoms with Crippen LogP contribution in [-0.2, 0) is 0 Å². The number of nitrogens with one attached hydrogen (secondary N) is 1. The lowest BCUT2D eigenvalue weighted by Gasteiger charge is -2.21. The van der Waals surface area contributed by atoms with E-state index in [-0.39, 0.29) is 17.7 Å². The summed E-state index contributed by atoms with van der Waals surface area (Å²) < 4.78 is 5.75. The Hall–Kier alpha value is -2.54. The quantitative estimate of drug-likeness (QED) is 0.768. The Labute approximate surface area is 165 Å². The second-order valence-electron chi connectivity index (χ2n) is 7.73. The van der Waals surface area contributed by atoms with Crippen molar-refractivity contribution in [1.29, 1.82) is 0 Å². The van der Waals surface area contributed by atoms with Gasteiger partial charge in [0, 0.05) is 43.1 Å². The van der Waals surface area contributed by atoms with E-state index in [0.29, 0.717) is 24.0 Å². The van der Waals surface area contributed by atoms with Crippen molar-refractivity contribution in [3.05, 3.63) is 41.5 Å². The lowest BCUT2D eigenvalue weighted by molar-refractivity contribution is 0.0921. The number of nitrogens with zero attached hydrogens (tertiary/aromatic N) is 4. The van der Waals surface area contributed by atoms with Gasteiger partial charge in [0.05, 0.1) is 12.6 Å². The summed E-state index contributed by atoms with van der Waals surface area (Å²) in [4.78, 5) is 29.0. The van der Waals surface area contributed by atoms with Crippen molar-refractivity contribution in [2.75, 3.05) is 31.1 Å². The van der Waals surface area contributed by atoms with Crippen LogP contribution in [-0.4, -0.2) is 53.0 Å². The molecule has 0 bridgehead atoms. The van der Waals surface area contributed by atoms with Crippen molar-refractivity contribution in [2.24, 2.45) is 11.8 Å². The van der Waals surface area contributed by atoms with E-state index in [1.54, 1.807) is 12.3 Å². The van der Waals surface area contributed by atoms with Crippen molar-refractivity contribution in [3.8, 4) is 5.75 Å². The van der Waals surface area contributed by atoms with Crippen LogP contribution >= 0.6 is 0 Å². The standard InChI is InChI=1S/C21H27N5O2/c1-4-8-28-17-6-5-7-22-19(17)20(27)18-16-12-26(11-15(16)10-23-18)21-24-13(2)9-14(3)25-21/h5-7,9,15-16,18,23H,4,8,10-12H2,1-3H3. The number of anilines is 1. The van der Waals surface area contributed by atoms with E-state index in [9.17, 15) is 4.79 Å². The van der Waals surface area contributed by atoms with E-state index in [1.807, 2.05) is 32.9 Å². The van der Waals surface area contributed by atoms with Crippen LogP contribution in [0.3, 0.4) is 0 Å². The van der Waals surface area contributed by atoms with Gasteiger partial charge in [0.2, 0.25) is 11.7 Å². The molecule has 2 aromatic heterocycles. The minimum Gasteiger partial charge on any atom is -0.491 e. The molecule has 2 saturated heterocycles. The second-order valence-corrected chi connectivity index (χ2v) is 7.73. The molecule has 7 heteroatoms. The molecule has 3 unspecified atom stereocenters. The van der Waals surface area contributed by atoms with Crippen LogP contribution in [0, 0.1) is 25.7 Å². The van der Waals surface area contributed by atoms with Gasteiger partial charge in [0.1, 0.15) is 11.4 Å². The van der Waals surface area contributed by atoms with Gasteiger partial charge in [0.25, 0.3) is 0 Å². The number of fused-ring (bicyclic) bond motifs is 1. The molecular formula is C21H27N5O2. The first-order chi connectivity index (χ1) is 13.6. The normalized spacial score (nSPS) is 23.7.